The van der Waals surface area contributed by atoms with Crippen LogP contribution in [-0.2, 0) is 4.79 Å². The molecule has 15 heavy (non-hydrogen) atoms. The first kappa shape index (κ1) is 9.77. The van der Waals surface area contributed by atoms with Crippen molar-refractivity contribution in [2.75, 3.05) is 0 Å². The predicted molar refractivity (Wildman–Crippen MR) is 58.2 cm³/mol. The van der Waals surface area contributed by atoms with Gasteiger partial charge in [0.15, 0.2) is 0 Å². The van der Waals surface area contributed by atoms with E-state index in [1.54, 1.807) is 0 Å². The van der Waals surface area contributed by atoms with Crippen LogP contribution in [0.25, 0.3) is 0 Å². The van der Waals surface area contributed by atoms with E-state index >= 15 is 0 Å². The zero-order valence-electron chi connectivity index (χ0n) is 8.53. The molecule has 0 fully saturated rings. The second kappa shape index (κ2) is 3.77. The van der Waals surface area contributed by atoms with E-state index in [9.17, 15) is 4.79 Å². The molecule has 1 aliphatic carbocycles. The molecule has 0 radical (unpaired) electrons. The minimum absolute atomic E-state index is 0.0712. The van der Waals surface area contributed by atoms with Crippen molar-refractivity contribution in [1.82, 2.24) is 5.32 Å². The van der Waals surface area contributed by atoms with Gasteiger partial charge in [-0.1, -0.05) is 30.4 Å². The second-order valence-electron chi connectivity index (χ2n) is 3.71. The van der Waals surface area contributed by atoms with E-state index in [4.69, 9.17) is 5.11 Å². The van der Waals surface area contributed by atoms with Crippen LogP contribution in [0.2, 0.25) is 0 Å². The molecule has 1 atom stereocenters. The molecule has 0 aromatic heterocycles. The van der Waals surface area contributed by atoms with Crippen LogP contribution in [0.5, 0.6) is 0 Å². The highest BCUT2D eigenvalue weighted by molar-refractivity contribution is 5.73. The predicted octanol–water partition coefficient (Wildman–Crippen LogP) is 1.76. The largest absolute Gasteiger partial charge is 0.481 e. The number of dihydropyridines is 1. The van der Waals surface area contributed by atoms with Crippen molar-refractivity contribution < 1.29 is 9.90 Å². The van der Waals surface area contributed by atoms with Gasteiger partial charge in [0.2, 0.25) is 0 Å². The van der Waals surface area contributed by atoms with Crippen molar-refractivity contribution in [3.63, 3.8) is 0 Å². The Bertz CT molecular complexity index is 413. The van der Waals surface area contributed by atoms with Crippen molar-refractivity contribution in [2.45, 2.75) is 19.4 Å². The molecule has 0 saturated heterocycles. The molecule has 0 aromatic rings. The van der Waals surface area contributed by atoms with Crippen LogP contribution in [0.3, 0.4) is 0 Å². The Morgan fingerprint density at radius 3 is 3.07 bits per heavy atom. The number of carbonyl (C=O) groups is 1. The molecule has 2 aliphatic rings. The molecule has 3 heteroatoms. The lowest BCUT2D eigenvalue weighted by atomic mass is 9.95. The van der Waals surface area contributed by atoms with Gasteiger partial charge in [-0.15, -0.1) is 0 Å². The zero-order valence-corrected chi connectivity index (χ0v) is 8.53. The van der Waals surface area contributed by atoms with Gasteiger partial charge in [-0.3, -0.25) is 4.79 Å². The van der Waals surface area contributed by atoms with Crippen molar-refractivity contribution in [3.8, 4) is 0 Å². The lowest BCUT2D eigenvalue weighted by Crippen LogP contribution is -2.28. The summed E-state index contributed by atoms with van der Waals surface area (Å²) in [6.07, 6.45) is 10.0. The first-order valence-electron chi connectivity index (χ1n) is 4.92. The Morgan fingerprint density at radius 2 is 2.33 bits per heavy atom. The maximum Gasteiger partial charge on any atom is 0.307 e. The number of allylic oxidation sites excluding steroid dienone is 5. The van der Waals surface area contributed by atoms with Crippen molar-refractivity contribution >= 4 is 5.97 Å². The summed E-state index contributed by atoms with van der Waals surface area (Å²) in [4.78, 5) is 10.7. The maximum atomic E-state index is 10.7. The fraction of sp³-hybridized carbons (Fsp3) is 0.250. The van der Waals surface area contributed by atoms with E-state index in [1.807, 2.05) is 37.3 Å². The molecule has 0 spiro atoms. The summed E-state index contributed by atoms with van der Waals surface area (Å²) >= 11 is 0. The van der Waals surface area contributed by atoms with Gasteiger partial charge < -0.3 is 10.4 Å². The number of aliphatic carboxylic acids is 1. The van der Waals surface area contributed by atoms with Gasteiger partial charge >= 0.3 is 5.97 Å². The third-order valence-electron chi connectivity index (χ3n) is 2.58. The molecule has 0 amide bonds. The number of nitrogens with one attached hydrogen (secondary N) is 1. The van der Waals surface area contributed by atoms with Crippen LogP contribution in [0.15, 0.2) is 47.2 Å². The topological polar surface area (TPSA) is 49.3 Å². The summed E-state index contributed by atoms with van der Waals surface area (Å²) < 4.78 is 0. The third kappa shape index (κ3) is 2.01. The molecule has 0 saturated carbocycles. The number of carboxylic acid groups (broad SMARTS) is 1. The van der Waals surface area contributed by atoms with Gasteiger partial charge in [0.1, 0.15) is 0 Å². The highest BCUT2D eigenvalue weighted by Gasteiger charge is 2.18. The van der Waals surface area contributed by atoms with E-state index in [-0.39, 0.29) is 12.5 Å². The first-order chi connectivity index (χ1) is 7.16. The summed E-state index contributed by atoms with van der Waals surface area (Å²) in [6.45, 7) is 1.92. The molecule has 1 heterocycles. The molecule has 2 rings (SSSR count). The van der Waals surface area contributed by atoms with Crippen molar-refractivity contribution in [2.24, 2.45) is 0 Å². The van der Waals surface area contributed by atoms with Crippen molar-refractivity contribution in [1.29, 1.82) is 0 Å². The van der Waals surface area contributed by atoms with Crippen LogP contribution >= 0.6 is 0 Å². The molecular formula is C12H13NO2. The number of rotatable bonds is 2. The molecule has 3 nitrogen and oxygen atoms in total. The summed E-state index contributed by atoms with van der Waals surface area (Å²) in [7, 11) is 0. The lowest BCUT2D eigenvalue weighted by Gasteiger charge is -2.23. The van der Waals surface area contributed by atoms with Crippen molar-refractivity contribution in [3.05, 3.63) is 47.2 Å². The fourth-order valence-electron chi connectivity index (χ4n) is 1.88. The van der Waals surface area contributed by atoms with Gasteiger partial charge in [-0.05, 0) is 18.1 Å². The van der Waals surface area contributed by atoms with E-state index in [2.05, 4.69) is 5.32 Å². The summed E-state index contributed by atoms with van der Waals surface area (Å²) in [6, 6.07) is 0.188. The van der Waals surface area contributed by atoms with E-state index < -0.39 is 5.97 Å². The smallest absolute Gasteiger partial charge is 0.307 e. The quantitative estimate of drug-likeness (QED) is 0.719. The molecule has 1 aliphatic heterocycles. The van der Waals surface area contributed by atoms with Gasteiger partial charge in [0, 0.05) is 5.70 Å². The Morgan fingerprint density at radius 1 is 1.53 bits per heavy atom. The second-order valence-corrected chi connectivity index (χ2v) is 3.71. The molecular weight excluding hydrogens is 190 g/mol. The normalized spacial score (nSPS) is 23.3. The minimum Gasteiger partial charge on any atom is -0.481 e. The molecule has 0 aromatic carbocycles. The average Bonchev–Trinajstić information content (AvgIpc) is 2.35. The molecule has 2 N–H and O–H groups in total. The molecule has 1 unspecified atom stereocenters. The van der Waals surface area contributed by atoms with E-state index in [0.29, 0.717) is 0 Å². The van der Waals surface area contributed by atoms with Gasteiger partial charge in [0.05, 0.1) is 12.5 Å². The highest BCUT2D eigenvalue weighted by Crippen LogP contribution is 2.25. The number of carboxylic acids is 1. The number of fused-ring (bicyclic) bond motifs is 1. The first-order valence-corrected chi connectivity index (χ1v) is 4.92. The molecule has 2 bridgehead atoms. The Labute approximate surface area is 88.5 Å². The number of hydrogen-bond donors (Lipinski definition) is 2. The fourth-order valence-corrected chi connectivity index (χ4v) is 1.88. The minimum atomic E-state index is -0.795. The monoisotopic (exact) mass is 203 g/mol. The van der Waals surface area contributed by atoms with Gasteiger partial charge in [-0.2, -0.15) is 0 Å². The van der Waals surface area contributed by atoms with Crippen LogP contribution in [0.4, 0.5) is 0 Å². The lowest BCUT2D eigenvalue weighted by molar-refractivity contribution is -0.136. The van der Waals surface area contributed by atoms with E-state index in [1.165, 1.54) is 0 Å². The average molecular weight is 203 g/mol. The summed E-state index contributed by atoms with van der Waals surface area (Å²) in [5.41, 5.74) is 2.85. The van der Waals surface area contributed by atoms with Gasteiger partial charge in [0.25, 0.3) is 0 Å². The van der Waals surface area contributed by atoms with Gasteiger partial charge in [-0.25, -0.2) is 0 Å². The van der Waals surface area contributed by atoms with Crippen LogP contribution < -0.4 is 5.32 Å². The van der Waals surface area contributed by atoms with Crippen LogP contribution in [0, 0.1) is 0 Å². The summed E-state index contributed by atoms with van der Waals surface area (Å²) in [5.74, 6) is -0.795. The summed E-state index contributed by atoms with van der Waals surface area (Å²) in [5, 5.41) is 12.1. The van der Waals surface area contributed by atoms with E-state index in [0.717, 1.165) is 16.8 Å². The highest BCUT2D eigenvalue weighted by atomic mass is 16.4. The Balaban J connectivity index is 2.34. The van der Waals surface area contributed by atoms with Crippen LogP contribution in [-0.4, -0.2) is 17.1 Å². The Hall–Kier alpha value is -1.77. The standard InChI is InChI=1S/C12H13NO2/c1-8-11(7-12(14)15)9-4-2-3-5-10(6-9)13-8/h2-6,10,13H,7H2,1H3,(H,14,15). The SMILES string of the molecule is CC1=C(CC(=O)O)C2=CC(C=CC=C2)N1. The molecule has 78 valence electrons. The van der Waals surface area contributed by atoms with Crippen LogP contribution in [0.1, 0.15) is 13.3 Å². The third-order valence-corrected chi connectivity index (χ3v) is 2.58. The Kier molecular flexibility index (Phi) is 2.46. The maximum absolute atomic E-state index is 10.7. The zero-order chi connectivity index (χ0) is 10.8. The number of hydrogen-bond acceptors (Lipinski definition) is 2.